The van der Waals surface area contributed by atoms with Crippen molar-refractivity contribution in [3.05, 3.63) is 29.3 Å². The molecule has 1 saturated heterocycles. The largest absolute Gasteiger partial charge is 0.493 e. The maximum atomic E-state index is 5.56. The van der Waals surface area contributed by atoms with Crippen LogP contribution in [0, 0.1) is 0 Å². The molecule has 0 aromatic heterocycles. The summed E-state index contributed by atoms with van der Waals surface area (Å²) < 4.78 is 5.56. The normalized spacial score (nSPS) is 21.9. The summed E-state index contributed by atoms with van der Waals surface area (Å²) >= 11 is 0. The number of ether oxygens (including phenoxy) is 1. The first-order valence-corrected chi connectivity index (χ1v) is 6.55. The Bertz CT molecular complexity index is 399. The molecular weight excluding hydrogens is 212 g/mol. The van der Waals surface area contributed by atoms with E-state index in [0.29, 0.717) is 6.04 Å². The Hall–Kier alpha value is -1.06. The highest BCUT2D eigenvalue weighted by atomic mass is 16.5. The predicted octanol–water partition coefficient (Wildman–Crippen LogP) is 1.59. The third-order valence-corrected chi connectivity index (χ3v) is 3.90. The van der Waals surface area contributed by atoms with Crippen LogP contribution >= 0.6 is 0 Å². The van der Waals surface area contributed by atoms with Crippen LogP contribution in [0.25, 0.3) is 0 Å². The number of nitrogens with zero attached hydrogens (tertiary/aromatic N) is 1. The molecular formula is C14H20N2O. The van der Waals surface area contributed by atoms with Crippen molar-refractivity contribution in [2.75, 3.05) is 32.8 Å². The van der Waals surface area contributed by atoms with Crippen LogP contribution in [0.1, 0.15) is 24.1 Å². The van der Waals surface area contributed by atoms with Gasteiger partial charge in [-0.2, -0.15) is 0 Å². The molecule has 0 radical (unpaired) electrons. The Morgan fingerprint density at radius 3 is 2.94 bits per heavy atom. The molecule has 3 nitrogen and oxygen atoms in total. The van der Waals surface area contributed by atoms with E-state index in [9.17, 15) is 0 Å². The smallest absolute Gasteiger partial charge is 0.122 e. The zero-order valence-corrected chi connectivity index (χ0v) is 10.4. The van der Waals surface area contributed by atoms with E-state index in [4.69, 9.17) is 4.74 Å². The van der Waals surface area contributed by atoms with Gasteiger partial charge >= 0.3 is 0 Å². The number of hydrogen-bond donors (Lipinski definition) is 1. The van der Waals surface area contributed by atoms with Crippen LogP contribution < -0.4 is 10.1 Å². The summed E-state index contributed by atoms with van der Waals surface area (Å²) in [5, 5.41) is 3.40. The van der Waals surface area contributed by atoms with Gasteiger partial charge in [0, 0.05) is 38.6 Å². The van der Waals surface area contributed by atoms with Crippen LogP contribution in [0.15, 0.2) is 18.2 Å². The molecule has 0 unspecified atom stereocenters. The molecule has 0 bridgehead atoms. The second-order valence-electron chi connectivity index (χ2n) is 4.93. The van der Waals surface area contributed by atoms with Gasteiger partial charge in [-0.25, -0.2) is 0 Å². The van der Waals surface area contributed by atoms with Crippen molar-refractivity contribution >= 4 is 0 Å². The van der Waals surface area contributed by atoms with E-state index in [-0.39, 0.29) is 0 Å². The monoisotopic (exact) mass is 232 g/mol. The number of piperazine rings is 1. The summed E-state index contributed by atoms with van der Waals surface area (Å²) in [6, 6.07) is 7.20. The van der Waals surface area contributed by atoms with Crippen molar-refractivity contribution in [2.45, 2.75) is 19.4 Å². The van der Waals surface area contributed by atoms with Gasteiger partial charge in [-0.15, -0.1) is 0 Å². The molecule has 0 saturated carbocycles. The lowest BCUT2D eigenvalue weighted by atomic mass is 10.0. The lowest BCUT2D eigenvalue weighted by molar-refractivity contribution is 0.185. The minimum Gasteiger partial charge on any atom is -0.493 e. The van der Waals surface area contributed by atoms with E-state index >= 15 is 0 Å². The minimum absolute atomic E-state index is 0.517. The second-order valence-corrected chi connectivity index (χ2v) is 4.93. The highest BCUT2D eigenvalue weighted by Crippen LogP contribution is 2.30. The van der Waals surface area contributed by atoms with Crippen molar-refractivity contribution in [2.24, 2.45) is 0 Å². The fourth-order valence-electron chi connectivity index (χ4n) is 2.75. The summed E-state index contributed by atoms with van der Waals surface area (Å²) in [7, 11) is 0. The average Bonchev–Trinajstić information content (AvgIpc) is 2.86. The Morgan fingerprint density at radius 2 is 2.12 bits per heavy atom. The molecule has 3 heteroatoms. The van der Waals surface area contributed by atoms with E-state index in [1.807, 2.05) is 0 Å². The first kappa shape index (κ1) is 11.1. The molecule has 92 valence electrons. The van der Waals surface area contributed by atoms with Crippen molar-refractivity contribution < 1.29 is 4.74 Å². The van der Waals surface area contributed by atoms with E-state index < -0.39 is 0 Å². The predicted molar refractivity (Wildman–Crippen MR) is 68.5 cm³/mol. The van der Waals surface area contributed by atoms with E-state index in [0.717, 1.165) is 45.0 Å². The molecule has 1 atom stereocenters. The quantitative estimate of drug-likeness (QED) is 0.838. The van der Waals surface area contributed by atoms with Crippen LogP contribution in [-0.2, 0) is 6.42 Å². The number of fused-ring (bicyclic) bond motifs is 1. The molecule has 0 spiro atoms. The van der Waals surface area contributed by atoms with Gasteiger partial charge in [-0.05, 0) is 24.1 Å². The fraction of sp³-hybridized carbons (Fsp3) is 0.571. The fourth-order valence-corrected chi connectivity index (χ4v) is 2.75. The molecule has 1 aromatic rings. The summed E-state index contributed by atoms with van der Waals surface area (Å²) in [5.74, 6) is 1.08. The molecule has 3 rings (SSSR count). The third kappa shape index (κ3) is 2.17. The maximum absolute atomic E-state index is 5.56. The van der Waals surface area contributed by atoms with Crippen molar-refractivity contribution in [1.82, 2.24) is 10.2 Å². The maximum Gasteiger partial charge on any atom is 0.122 e. The van der Waals surface area contributed by atoms with Crippen LogP contribution in [0.2, 0.25) is 0 Å². The molecule has 0 aliphatic carbocycles. The van der Waals surface area contributed by atoms with E-state index in [1.165, 1.54) is 11.1 Å². The first-order valence-electron chi connectivity index (χ1n) is 6.55. The van der Waals surface area contributed by atoms with Crippen LogP contribution in [0.5, 0.6) is 5.75 Å². The molecule has 2 heterocycles. The van der Waals surface area contributed by atoms with E-state index in [1.54, 1.807) is 0 Å². The van der Waals surface area contributed by atoms with E-state index in [2.05, 4.69) is 35.3 Å². The summed E-state index contributed by atoms with van der Waals surface area (Å²) in [5.41, 5.74) is 2.81. The molecule has 1 fully saturated rings. The number of hydrogen-bond acceptors (Lipinski definition) is 3. The molecule has 0 amide bonds. The summed E-state index contributed by atoms with van der Waals surface area (Å²) in [6.45, 7) is 7.67. The molecule has 2 aliphatic heterocycles. The van der Waals surface area contributed by atoms with Crippen molar-refractivity contribution in [3.63, 3.8) is 0 Å². The van der Waals surface area contributed by atoms with Crippen molar-refractivity contribution in [3.8, 4) is 5.75 Å². The molecule has 1 aromatic carbocycles. The van der Waals surface area contributed by atoms with Crippen molar-refractivity contribution in [1.29, 1.82) is 0 Å². The topological polar surface area (TPSA) is 24.5 Å². The van der Waals surface area contributed by atoms with Crippen LogP contribution in [-0.4, -0.2) is 37.7 Å². The average molecular weight is 232 g/mol. The van der Waals surface area contributed by atoms with Gasteiger partial charge in [-0.1, -0.05) is 12.1 Å². The standard InChI is InChI=1S/C14H20N2O/c1-11(16-7-5-15-6-8-16)12-2-3-14-13(10-12)4-9-17-14/h2-3,10-11,15H,4-9H2,1H3/t11-/m1/s1. The molecule has 17 heavy (non-hydrogen) atoms. The van der Waals surface area contributed by atoms with Gasteiger partial charge in [0.25, 0.3) is 0 Å². The molecule has 2 aliphatic rings. The Labute approximate surface area is 103 Å². The Kier molecular flexibility index (Phi) is 3.04. The second kappa shape index (κ2) is 4.67. The first-order chi connectivity index (χ1) is 8.34. The van der Waals surface area contributed by atoms with Gasteiger partial charge in [0.05, 0.1) is 6.61 Å². The Balaban J connectivity index is 1.78. The highest BCUT2D eigenvalue weighted by molar-refractivity contribution is 5.40. The van der Waals surface area contributed by atoms with Crippen LogP contribution in [0.3, 0.4) is 0 Å². The number of benzene rings is 1. The molecule has 1 N–H and O–H groups in total. The van der Waals surface area contributed by atoms with Gasteiger partial charge < -0.3 is 10.1 Å². The lowest BCUT2D eigenvalue weighted by Crippen LogP contribution is -2.44. The number of rotatable bonds is 2. The zero-order valence-electron chi connectivity index (χ0n) is 10.4. The van der Waals surface area contributed by atoms with Gasteiger partial charge in [0.15, 0.2) is 0 Å². The van der Waals surface area contributed by atoms with Crippen LogP contribution in [0.4, 0.5) is 0 Å². The van der Waals surface area contributed by atoms with Gasteiger partial charge in [-0.3, -0.25) is 4.90 Å². The lowest BCUT2D eigenvalue weighted by Gasteiger charge is -2.33. The minimum atomic E-state index is 0.517. The highest BCUT2D eigenvalue weighted by Gasteiger charge is 2.20. The zero-order chi connectivity index (χ0) is 11.7. The number of nitrogens with one attached hydrogen (secondary N) is 1. The van der Waals surface area contributed by atoms with Gasteiger partial charge in [0.1, 0.15) is 5.75 Å². The third-order valence-electron chi connectivity index (χ3n) is 3.90. The summed E-state index contributed by atoms with van der Waals surface area (Å²) in [4.78, 5) is 2.55. The SMILES string of the molecule is C[C@H](c1ccc2c(c1)CCO2)N1CCNCC1. The Morgan fingerprint density at radius 1 is 1.29 bits per heavy atom. The van der Waals surface area contributed by atoms with Gasteiger partial charge in [0.2, 0.25) is 0 Å². The summed E-state index contributed by atoms with van der Waals surface area (Å²) in [6.07, 6.45) is 1.07.